The number of sulfonamides is 1. The van der Waals surface area contributed by atoms with E-state index in [0.717, 1.165) is 25.7 Å². The molecular formula is C14H29NO2S. The van der Waals surface area contributed by atoms with Crippen LogP contribution < -0.4 is 4.72 Å². The van der Waals surface area contributed by atoms with Crippen molar-refractivity contribution in [2.45, 2.75) is 71.8 Å². The van der Waals surface area contributed by atoms with Crippen LogP contribution in [0.1, 0.15) is 65.7 Å². The van der Waals surface area contributed by atoms with Gasteiger partial charge in [-0.05, 0) is 44.4 Å². The first kappa shape index (κ1) is 16.0. The molecule has 0 spiro atoms. The maximum Gasteiger partial charge on any atom is 0.212 e. The van der Waals surface area contributed by atoms with Crippen molar-refractivity contribution in [3.63, 3.8) is 0 Å². The molecule has 0 aromatic carbocycles. The first-order valence-electron chi connectivity index (χ1n) is 7.39. The topological polar surface area (TPSA) is 46.2 Å². The number of rotatable bonds is 7. The molecule has 4 heteroatoms. The zero-order valence-corrected chi connectivity index (χ0v) is 12.9. The van der Waals surface area contributed by atoms with Crippen LogP contribution in [0.3, 0.4) is 0 Å². The maximum absolute atomic E-state index is 12.0. The average molecular weight is 275 g/mol. The fraction of sp³-hybridized carbons (Fsp3) is 1.00. The average Bonchev–Trinajstić information content (AvgIpc) is 2.26. The van der Waals surface area contributed by atoms with Crippen molar-refractivity contribution < 1.29 is 8.42 Å². The molecule has 1 N–H and O–H groups in total. The zero-order valence-electron chi connectivity index (χ0n) is 12.1. The molecular weight excluding hydrogens is 246 g/mol. The van der Waals surface area contributed by atoms with E-state index in [1.807, 2.05) is 6.92 Å². The summed E-state index contributed by atoms with van der Waals surface area (Å²) in [7, 11) is -3.08. The molecule has 1 aliphatic carbocycles. The van der Waals surface area contributed by atoms with Gasteiger partial charge in [0.05, 0.1) is 5.75 Å². The second-order valence-corrected chi connectivity index (χ2v) is 8.07. The highest BCUT2D eigenvalue weighted by molar-refractivity contribution is 7.89. The molecule has 18 heavy (non-hydrogen) atoms. The van der Waals surface area contributed by atoms with Crippen LogP contribution in [0.4, 0.5) is 0 Å². The highest BCUT2D eigenvalue weighted by Gasteiger charge is 2.22. The maximum atomic E-state index is 12.0. The van der Waals surface area contributed by atoms with Gasteiger partial charge in [0.25, 0.3) is 0 Å². The van der Waals surface area contributed by atoms with Crippen LogP contribution in [0.15, 0.2) is 0 Å². The Bertz CT molecular complexity index is 319. The van der Waals surface area contributed by atoms with E-state index in [1.54, 1.807) is 0 Å². The van der Waals surface area contributed by atoms with E-state index in [2.05, 4.69) is 18.6 Å². The number of nitrogens with one attached hydrogen (secondary N) is 1. The Hall–Kier alpha value is -0.0900. The van der Waals surface area contributed by atoms with Gasteiger partial charge in [-0.15, -0.1) is 0 Å². The normalized spacial score (nSPS) is 20.2. The number of hydrogen-bond acceptors (Lipinski definition) is 2. The van der Waals surface area contributed by atoms with E-state index >= 15 is 0 Å². The van der Waals surface area contributed by atoms with Crippen LogP contribution in [0, 0.1) is 11.8 Å². The smallest absolute Gasteiger partial charge is 0.212 e. The quantitative estimate of drug-likeness (QED) is 0.775. The molecule has 1 saturated carbocycles. The van der Waals surface area contributed by atoms with Crippen molar-refractivity contribution in [3.8, 4) is 0 Å². The Morgan fingerprint density at radius 1 is 1.06 bits per heavy atom. The van der Waals surface area contributed by atoms with Crippen molar-refractivity contribution in [1.29, 1.82) is 0 Å². The summed E-state index contributed by atoms with van der Waals surface area (Å²) in [6, 6.07) is 0.0704. The van der Waals surface area contributed by atoms with Gasteiger partial charge < -0.3 is 0 Å². The molecule has 0 bridgehead atoms. The van der Waals surface area contributed by atoms with Crippen LogP contribution in [0.5, 0.6) is 0 Å². The lowest BCUT2D eigenvalue weighted by molar-refractivity contribution is 0.382. The Balaban J connectivity index is 2.33. The van der Waals surface area contributed by atoms with Crippen LogP contribution in [0.25, 0.3) is 0 Å². The predicted molar refractivity (Wildman–Crippen MR) is 77.0 cm³/mol. The van der Waals surface area contributed by atoms with E-state index in [-0.39, 0.29) is 6.04 Å². The van der Waals surface area contributed by atoms with Gasteiger partial charge in [-0.25, -0.2) is 13.1 Å². The summed E-state index contributed by atoms with van der Waals surface area (Å²) in [5.41, 5.74) is 0. The fourth-order valence-electron chi connectivity index (χ4n) is 2.66. The fourth-order valence-corrected chi connectivity index (χ4v) is 4.44. The Kier molecular flexibility index (Phi) is 6.64. The lowest BCUT2D eigenvalue weighted by atomic mass is 9.91. The molecule has 3 nitrogen and oxygen atoms in total. The molecule has 0 amide bonds. The third kappa shape index (κ3) is 6.74. The SMILES string of the molecule is CC(C)CC[C@@H](C)NS(=O)(=O)CC1CCCCC1. The van der Waals surface area contributed by atoms with Gasteiger partial charge >= 0.3 is 0 Å². The van der Waals surface area contributed by atoms with Crippen molar-refractivity contribution >= 4 is 10.0 Å². The summed E-state index contributed by atoms with van der Waals surface area (Å²) in [6.07, 6.45) is 7.85. The lowest BCUT2D eigenvalue weighted by Crippen LogP contribution is -2.36. The molecule has 1 rings (SSSR count). The van der Waals surface area contributed by atoms with Gasteiger partial charge in [0, 0.05) is 6.04 Å². The monoisotopic (exact) mass is 275 g/mol. The summed E-state index contributed by atoms with van der Waals surface area (Å²) in [5.74, 6) is 1.35. The highest BCUT2D eigenvalue weighted by Crippen LogP contribution is 2.24. The molecule has 1 fully saturated rings. The van der Waals surface area contributed by atoms with Gasteiger partial charge in [0.1, 0.15) is 0 Å². The van der Waals surface area contributed by atoms with E-state index in [0.29, 0.717) is 17.6 Å². The van der Waals surface area contributed by atoms with Crippen molar-refractivity contribution in [3.05, 3.63) is 0 Å². The molecule has 0 saturated heterocycles. The summed E-state index contributed by atoms with van der Waals surface area (Å²) in [4.78, 5) is 0. The predicted octanol–water partition coefficient (Wildman–Crippen LogP) is 3.31. The molecule has 108 valence electrons. The number of hydrogen-bond donors (Lipinski definition) is 1. The van der Waals surface area contributed by atoms with Gasteiger partial charge in [0.2, 0.25) is 10.0 Å². The molecule has 0 aromatic rings. The van der Waals surface area contributed by atoms with Crippen LogP contribution >= 0.6 is 0 Å². The van der Waals surface area contributed by atoms with Crippen molar-refractivity contribution in [2.75, 3.05) is 5.75 Å². The van der Waals surface area contributed by atoms with Gasteiger partial charge in [-0.1, -0.05) is 33.1 Å². The first-order chi connectivity index (χ1) is 8.39. The second kappa shape index (κ2) is 7.49. The molecule has 0 aromatic heterocycles. The minimum atomic E-state index is -3.08. The summed E-state index contributed by atoms with van der Waals surface area (Å²) in [6.45, 7) is 6.31. The van der Waals surface area contributed by atoms with Crippen molar-refractivity contribution in [2.24, 2.45) is 11.8 Å². The van der Waals surface area contributed by atoms with Gasteiger partial charge in [0.15, 0.2) is 0 Å². The summed E-state index contributed by atoms with van der Waals surface area (Å²) < 4.78 is 26.9. The first-order valence-corrected chi connectivity index (χ1v) is 9.04. The lowest BCUT2D eigenvalue weighted by Gasteiger charge is -2.23. The molecule has 0 heterocycles. The van der Waals surface area contributed by atoms with Gasteiger partial charge in [-0.3, -0.25) is 0 Å². The summed E-state index contributed by atoms with van der Waals surface area (Å²) in [5, 5.41) is 0. The molecule has 1 aliphatic rings. The Morgan fingerprint density at radius 3 is 2.22 bits per heavy atom. The summed E-state index contributed by atoms with van der Waals surface area (Å²) >= 11 is 0. The third-order valence-electron chi connectivity index (χ3n) is 3.74. The second-order valence-electron chi connectivity index (χ2n) is 6.28. The van der Waals surface area contributed by atoms with Crippen LogP contribution in [0.2, 0.25) is 0 Å². The van der Waals surface area contributed by atoms with Crippen LogP contribution in [-0.4, -0.2) is 20.2 Å². The Morgan fingerprint density at radius 2 is 1.67 bits per heavy atom. The minimum absolute atomic E-state index is 0.0704. The standard InChI is InChI=1S/C14H29NO2S/c1-12(2)9-10-13(3)15-18(16,17)11-14-7-5-4-6-8-14/h12-15H,4-11H2,1-3H3/t13-/m1/s1. The van der Waals surface area contributed by atoms with Gasteiger partial charge in [-0.2, -0.15) is 0 Å². The Labute approximate surface area is 113 Å². The zero-order chi connectivity index (χ0) is 13.6. The molecule has 0 aliphatic heterocycles. The van der Waals surface area contributed by atoms with E-state index in [4.69, 9.17) is 0 Å². The van der Waals surface area contributed by atoms with E-state index in [1.165, 1.54) is 19.3 Å². The largest absolute Gasteiger partial charge is 0.212 e. The molecule has 0 radical (unpaired) electrons. The van der Waals surface area contributed by atoms with E-state index < -0.39 is 10.0 Å². The third-order valence-corrected chi connectivity index (χ3v) is 5.41. The van der Waals surface area contributed by atoms with Crippen LogP contribution in [-0.2, 0) is 10.0 Å². The minimum Gasteiger partial charge on any atom is -0.212 e. The highest BCUT2D eigenvalue weighted by atomic mass is 32.2. The van der Waals surface area contributed by atoms with E-state index in [9.17, 15) is 8.42 Å². The molecule has 1 atom stereocenters. The molecule has 0 unspecified atom stereocenters. The van der Waals surface area contributed by atoms with Crippen molar-refractivity contribution in [1.82, 2.24) is 4.72 Å².